The van der Waals surface area contributed by atoms with E-state index in [9.17, 15) is 18.3 Å². The second-order valence-electron chi connectivity index (χ2n) is 8.52. The number of fused-ring (bicyclic) bond motifs is 1. The van der Waals surface area contributed by atoms with Crippen LogP contribution < -0.4 is 10.6 Å². The largest absolute Gasteiger partial charge is 0.506 e. The molecule has 0 unspecified atom stereocenters. The minimum atomic E-state index is -0.685. The number of halogens is 4. The number of nitrogens with two attached hydrogens (primary N) is 1. The van der Waals surface area contributed by atoms with Crippen LogP contribution >= 0.6 is 11.6 Å². The lowest BCUT2D eigenvalue weighted by Gasteiger charge is -2.34. The van der Waals surface area contributed by atoms with Gasteiger partial charge in [-0.05, 0) is 60.4 Å². The first kappa shape index (κ1) is 22.5. The summed E-state index contributed by atoms with van der Waals surface area (Å²) in [6.07, 6.45) is 3.14. The molecule has 8 heteroatoms. The Bertz CT molecular complexity index is 1380. The van der Waals surface area contributed by atoms with Crippen molar-refractivity contribution < 1.29 is 18.3 Å². The van der Waals surface area contributed by atoms with Crippen LogP contribution in [0.15, 0.2) is 54.7 Å². The Balaban J connectivity index is 1.77. The number of anilines is 1. The summed E-state index contributed by atoms with van der Waals surface area (Å²) in [6.45, 7) is 1.32. The van der Waals surface area contributed by atoms with E-state index in [1.807, 2.05) is 0 Å². The van der Waals surface area contributed by atoms with E-state index in [4.69, 9.17) is 17.3 Å². The highest BCUT2D eigenvalue weighted by Crippen LogP contribution is 2.42. The number of piperidine rings is 1. The van der Waals surface area contributed by atoms with Crippen molar-refractivity contribution >= 4 is 28.2 Å². The fraction of sp³-hybridized carbons (Fsp3) is 0.192. The van der Waals surface area contributed by atoms with Crippen molar-refractivity contribution in [1.82, 2.24) is 4.98 Å². The Hall–Kier alpha value is -3.29. The van der Waals surface area contributed by atoms with Gasteiger partial charge in [-0.2, -0.15) is 0 Å². The molecular weight excluding hydrogens is 463 g/mol. The zero-order valence-electron chi connectivity index (χ0n) is 18.0. The molecule has 0 amide bonds. The first-order valence-electron chi connectivity index (χ1n) is 10.9. The number of rotatable bonds is 3. The summed E-state index contributed by atoms with van der Waals surface area (Å²) in [4.78, 5) is 6.65. The minimum Gasteiger partial charge on any atom is -0.506 e. The minimum absolute atomic E-state index is 0.0846. The number of pyridine rings is 1. The van der Waals surface area contributed by atoms with Gasteiger partial charge in [0.2, 0.25) is 0 Å². The van der Waals surface area contributed by atoms with E-state index >= 15 is 0 Å². The highest BCUT2D eigenvalue weighted by molar-refractivity contribution is 6.32. The van der Waals surface area contributed by atoms with Gasteiger partial charge in [-0.15, -0.1) is 0 Å². The van der Waals surface area contributed by atoms with Gasteiger partial charge < -0.3 is 15.7 Å². The maximum Gasteiger partial charge on any atom is 0.142 e. The normalized spacial score (nSPS) is 14.7. The summed E-state index contributed by atoms with van der Waals surface area (Å²) in [7, 11) is 0. The number of aromatic nitrogens is 1. The van der Waals surface area contributed by atoms with Crippen LogP contribution in [0.25, 0.3) is 33.2 Å². The molecule has 5 rings (SSSR count). The Kier molecular flexibility index (Phi) is 5.83. The summed E-state index contributed by atoms with van der Waals surface area (Å²) >= 11 is 6.00. The van der Waals surface area contributed by atoms with E-state index in [-0.39, 0.29) is 22.4 Å². The van der Waals surface area contributed by atoms with Gasteiger partial charge in [-0.1, -0.05) is 17.7 Å². The van der Waals surface area contributed by atoms with Gasteiger partial charge in [0.15, 0.2) is 0 Å². The van der Waals surface area contributed by atoms with Crippen LogP contribution in [0.4, 0.5) is 18.9 Å². The third-order valence-corrected chi connectivity index (χ3v) is 6.50. The Morgan fingerprint density at radius 2 is 1.56 bits per heavy atom. The summed E-state index contributed by atoms with van der Waals surface area (Å²) in [5.74, 6) is -2.18. The molecule has 4 aromatic rings. The van der Waals surface area contributed by atoms with Crippen molar-refractivity contribution in [1.29, 1.82) is 0 Å². The number of phenols is 1. The number of hydrogen-bond donors (Lipinski definition) is 2. The van der Waals surface area contributed by atoms with Gasteiger partial charge in [0.05, 0.1) is 16.2 Å². The second kappa shape index (κ2) is 8.81. The fourth-order valence-electron chi connectivity index (χ4n) is 4.52. The molecule has 34 heavy (non-hydrogen) atoms. The molecule has 1 aliphatic rings. The maximum absolute atomic E-state index is 14.1. The van der Waals surface area contributed by atoms with Gasteiger partial charge >= 0.3 is 0 Å². The molecule has 0 saturated carbocycles. The highest BCUT2D eigenvalue weighted by Gasteiger charge is 2.23. The van der Waals surface area contributed by atoms with Crippen LogP contribution in [0, 0.1) is 17.5 Å². The lowest BCUT2D eigenvalue weighted by molar-refractivity contribution is 0.475. The number of hydrogen-bond acceptors (Lipinski definition) is 4. The smallest absolute Gasteiger partial charge is 0.142 e. The topological polar surface area (TPSA) is 62.4 Å². The number of benzene rings is 3. The summed E-state index contributed by atoms with van der Waals surface area (Å²) in [5, 5.41) is 11.1. The molecule has 0 radical (unpaired) electrons. The number of aromatic hydroxyl groups is 1. The molecule has 1 fully saturated rings. The molecule has 1 saturated heterocycles. The quantitative estimate of drug-likeness (QED) is 0.360. The van der Waals surface area contributed by atoms with Crippen molar-refractivity contribution in [2.24, 2.45) is 5.73 Å². The molecule has 4 nitrogen and oxygen atoms in total. The van der Waals surface area contributed by atoms with Crippen molar-refractivity contribution in [3.63, 3.8) is 0 Å². The van der Waals surface area contributed by atoms with Crippen molar-refractivity contribution in [3.8, 4) is 28.0 Å². The highest BCUT2D eigenvalue weighted by atomic mass is 35.5. The predicted molar refractivity (Wildman–Crippen MR) is 129 cm³/mol. The van der Waals surface area contributed by atoms with Crippen LogP contribution in [0.2, 0.25) is 5.02 Å². The SMILES string of the molecule is NC1CCN(c2c(-c3cc(F)cc(F)c3)cnc3ccc(-c4cc(F)cc(Cl)c4O)cc23)CC1. The van der Waals surface area contributed by atoms with Crippen LogP contribution in [-0.2, 0) is 0 Å². The van der Waals surface area contributed by atoms with Crippen molar-refractivity contribution in [2.45, 2.75) is 18.9 Å². The average Bonchev–Trinajstić information content (AvgIpc) is 2.80. The monoisotopic (exact) mass is 483 g/mol. The molecule has 2 heterocycles. The molecule has 174 valence electrons. The number of phenolic OH excluding ortho intramolecular Hbond substituents is 1. The molecule has 0 spiro atoms. The van der Waals surface area contributed by atoms with Gasteiger partial charge in [0, 0.05) is 47.9 Å². The first-order chi connectivity index (χ1) is 16.3. The second-order valence-corrected chi connectivity index (χ2v) is 8.93. The predicted octanol–water partition coefficient (Wildman–Crippen LogP) is 6.27. The van der Waals surface area contributed by atoms with E-state index in [0.717, 1.165) is 30.7 Å². The first-order valence-corrected chi connectivity index (χ1v) is 11.3. The zero-order chi connectivity index (χ0) is 24.0. The lowest BCUT2D eigenvalue weighted by atomic mass is 9.96. The third-order valence-electron chi connectivity index (χ3n) is 6.21. The van der Waals surface area contributed by atoms with Crippen LogP contribution in [-0.4, -0.2) is 29.2 Å². The van der Waals surface area contributed by atoms with Crippen LogP contribution in [0.3, 0.4) is 0 Å². The Morgan fingerprint density at radius 3 is 2.26 bits per heavy atom. The van der Waals surface area contributed by atoms with Gasteiger partial charge in [0.25, 0.3) is 0 Å². The average molecular weight is 484 g/mol. The number of nitrogens with zero attached hydrogens (tertiary/aromatic N) is 2. The molecule has 1 aliphatic heterocycles. The van der Waals surface area contributed by atoms with E-state index in [1.54, 1.807) is 24.4 Å². The van der Waals surface area contributed by atoms with Crippen LogP contribution in [0.1, 0.15) is 12.8 Å². The zero-order valence-corrected chi connectivity index (χ0v) is 18.8. The third kappa shape index (κ3) is 4.17. The summed E-state index contributed by atoms with van der Waals surface area (Å²) in [6, 6.07) is 11.0. The van der Waals surface area contributed by atoms with E-state index < -0.39 is 17.5 Å². The standard InChI is InChI=1S/C26H21ClF3N3O/c27-23-12-18(30)11-20(26(23)34)14-1-2-24-21(9-14)25(33-5-3-19(31)4-6-33)22(13-32-24)15-7-16(28)10-17(29)8-15/h1-2,7-13,19,34H,3-6,31H2. The van der Waals surface area contributed by atoms with Crippen molar-refractivity contribution in [2.75, 3.05) is 18.0 Å². The van der Waals surface area contributed by atoms with Gasteiger partial charge in [0.1, 0.15) is 23.2 Å². The molecule has 0 atom stereocenters. The van der Waals surface area contributed by atoms with E-state index in [1.165, 1.54) is 18.2 Å². The summed E-state index contributed by atoms with van der Waals surface area (Å²) in [5.41, 5.74) is 9.21. The molecule has 0 aliphatic carbocycles. The molecular formula is C26H21ClF3N3O. The Labute approximate surface area is 199 Å². The molecule has 3 aromatic carbocycles. The lowest BCUT2D eigenvalue weighted by Crippen LogP contribution is -2.40. The van der Waals surface area contributed by atoms with Gasteiger partial charge in [-0.25, -0.2) is 13.2 Å². The molecule has 3 N–H and O–H groups in total. The Morgan fingerprint density at radius 1 is 0.882 bits per heavy atom. The fourth-order valence-corrected chi connectivity index (χ4v) is 4.72. The van der Waals surface area contributed by atoms with Gasteiger partial charge in [-0.3, -0.25) is 4.98 Å². The molecule has 0 bridgehead atoms. The maximum atomic E-state index is 14.1. The van der Waals surface area contributed by atoms with Crippen molar-refractivity contribution in [3.05, 3.63) is 77.2 Å². The van der Waals surface area contributed by atoms with E-state index in [2.05, 4.69) is 9.88 Å². The van der Waals surface area contributed by atoms with E-state index in [0.29, 0.717) is 40.7 Å². The van der Waals surface area contributed by atoms with Crippen LogP contribution in [0.5, 0.6) is 5.75 Å². The summed E-state index contributed by atoms with van der Waals surface area (Å²) < 4.78 is 42.3. The molecule has 1 aromatic heterocycles.